The summed E-state index contributed by atoms with van der Waals surface area (Å²) in [5.41, 5.74) is 2.36. The Hall–Kier alpha value is -1.56. The third-order valence-electron chi connectivity index (χ3n) is 2.93. The van der Waals surface area contributed by atoms with Crippen molar-refractivity contribution in [2.45, 2.75) is 33.9 Å². The Balaban J connectivity index is 0.00000180. The Morgan fingerprint density at radius 1 is 1.32 bits per heavy atom. The molecule has 2 aromatic rings. The summed E-state index contributed by atoms with van der Waals surface area (Å²) >= 11 is 0. The van der Waals surface area contributed by atoms with Gasteiger partial charge in [-0.1, -0.05) is 0 Å². The quantitative estimate of drug-likeness (QED) is 0.939. The molecular weight excluding hydrogens is 269 g/mol. The minimum absolute atomic E-state index is 0. The maximum Gasteiger partial charge on any atom is 0.216 e. The van der Waals surface area contributed by atoms with Gasteiger partial charge in [0.15, 0.2) is 5.82 Å². The molecule has 0 aliphatic rings. The van der Waals surface area contributed by atoms with E-state index in [4.69, 9.17) is 0 Å². The first-order chi connectivity index (χ1) is 8.52. The van der Waals surface area contributed by atoms with Crippen molar-refractivity contribution in [1.29, 1.82) is 0 Å². The molecule has 0 aromatic carbocycles. The highest BCUT2D eigenvalue weighted by Gasteiger charge is 2.14. The molecule has 0 amide bonds. The Morgan fingerprint density at radius 3 is 2.47 bits per heavy atom. The maximum atomic E-state index is 13.9. The number of hydrogen-bond acceptors (Lipinski definition) is 3. The van der Waals surface area contributed by atoms with Crippen LogP contribution in [0.4, 0.5) is 10.2 Å². The van der Waals surface area contributed by atoms with Crippen LogP contribution in [0.3, 0.4) is 0 Å². The molecule has 0 bridgehead atoms. The molecule has 19 heavy (non-hydrogen) atoms. The van der Waals surface area contributed by atoms with Gasteiger partial charge in [-0.05, 0) is 20.8 Å². The zero-order chi connectivity index (χ0) is 13.3. The predicted molar refractivity (Wildman–Crippen MR) is 75.1 cm³/mol. The van der Waals surface area contributed by atoms with Crippen molar-refractivity contribution in [1.82, 2.24) is 19.6 Å². The van der Waals surface area contributed by atoms with Crippen molar-refractivity contribution in [3.63, 3.8) is 0 Å². The van der Waals surface area contributed by atoms with E-state index in [0.717, 1.165) is 17.1 Å². The summed E-state index contributed by atoms with van der Waals surface area (Å²) < 4.78 is 17.0. The van der Waals surface area contributed by atoms with Crippen molar-refractivity contribution in [3.8, 4) is 0 Å². The first-order valence-corrected chi connectivity index (χ1v) is 5.98. The fraction of sp³-hybridized carbons (Fsp3) is 0.500. The van der Waals surface area contributed by atoms with Gasteiger partial charge in [0, 0.05) is 37.5 Å². The topological polar surface area (TPSA) is 47.7 Å². The summed E-state index contributed by atoms with van der Waals surface area (Å²) in [7, 11) is 1.86. The van der Waals surface area contributed by atoms with E-state index in [9.17, 15) is 4.39 Å². The van der Waals surface area contributed by atoms with E-state index in [1.54, 1.807) is 4.68 Å². The molecule has 0 unspecified atom stereocenters. The number of aryl methyl sites for hydroxylation is 4. The molecule has 0 fully saturated rings. The van der Waals surface area contributed by atoms with Crippen LogP contribution in [-0.4, -0.2) is 19.6 Å². The van der Waals surface area contributed by atoms with Crippen LogP contribution in [0.2, 0.25) is 0 Å². The van der Waals surface area contributed by atoms with Crippen LogP contribution in [0.15, 0.2) is 6.20 Å². The standard InChI is InChI=1S/C12H18FN5.ClH/c1-5-18-11(13)10(9(3)15-18)6-14-12-8(2)7-17(4)16-12;/h7H,5-6H2,1-4H3,(H,14,16);1H. The van der Waals surface area contributed by atoms with Crippen molar-refractivity contribution < 1.29 is 4.39 Å². The molecule has 0 atom stereocenters. The first kappa shape index (κ1) is 15.5. The first-order valence-electron chi connectivity index (χ1n) is 5.98. The van der Waals surface area contributed by atoms with E-state index < -0.39 is 0 Å². The van der Waals surface area contributed by atoms with Crippen LogP contribution in [0, 0.1) is 19.8 Å². The number of halogens is 2. The molecule has 2 rings (SSSR count). The SMILES string of the molecule is CCn1nc(C)c(CNc2nn(C)cc2C)c1F.Cl. The number of hydrogen-bond donors (Lipinski definition) is 1. The minimum Gasteiger partial charge on any atom is -0.364 e. The van der Waals surface area contributed by atoms with Gasteiger partial charge in [0.25, 0.3) is 0 Å². The van der Waals surface area contributed by atoms with Gasteiger partial charge in [0.1, 0.15) is 0 Å². The number of nitrogens with one attached hydrogen (secondary N) is 1. The van der Waals surface area contributed by atoms with Gasteiger partial charge < -0.3 is 5.32 Å². The average molecular weight is 288 g/mol. The summed E-state index contributed by atoms with van der Waals surface area (Å²) in [5.74, 6) is 0.511. The Bertz CT molecular complexity index is 561. The molecule has 2 heterocycles. The lowest BCUT2D eigenvalue weighted by Gasteiger charge is -2.03. The van der Waals surface area contributed by atoms with Crippen molar-refractivity contribution in [2.24, 2.45) is 7.05 Å². The molecule has 0 aliphatic carbocycles. The molecule has 0 spiro atoms. The summed E-state index contributed by atoms with van der Waals surface area (Å²) in [6.45, 7) is 6.59. The molecule has 0 saturated heterocycles. The molecule has 106 valence electrons. The second kappa shape index (κ2) is 6.06. The van der Waals surface area contributed by atoms with E-state index in [1.165, 1.54) is 4.68 Å². The van der Waals surface area contributed by atoms with Gasteiger partial charge >= 0.3 is 0 Å². The fourth-order valence-corrected chi connectivity index (χ4v) is 1.95. The van der Waals surface area contributed by atoms with Gasteiger partial charge in [0.2, 0.25) is 5.95 Å². The van der Waals surface area contributed by atoms with Gasteiger partial charge in [0.05, 0.1) is 5.69 Å². The molecule has 1 N–H and O–H groups in total. The van der Waals surface area contributed by atoms with Gasteiger partial charge in [-0.2, -0.15) is 14.6 Å². The molecule has 0 aliphatic heterocycles. The highest BCUT2D eigenvalue weighted by molar-refractivity contribution is 5.85. The Kier molecular flexibility index (Phi) is 4.94. The van der Waals surface area contributed by atoms with E-state index in [2.05, 4.69) is 15.5 Å². The van der Waals surface area contributed by atoms with E-state index in [-0.39, 0.29) is 18.4 Å². The third kappa shape index (κ3) is 3.07. The van der Waals surface area contributed by atoms with E-state index in [1.807, 2.05) is 34.0 Å². The highest BCUT2D eigenvalue weighted by atomic mass is 35.5. The molecule has 0 saturated carbocycles. The lowest BCUT2D eigenvalue weighted by molar-refractivity contribution is 0.464. The van der Waals surface area contributed by atoms with Crippen molar-refractivity contribution in [3.05, 3.63) is 29.0 Å². The predicted octanol–water partition coefficient (Wildman–Crippen LogP) is 2.43. The summed E-state index contributed by atoms with van der Waals surface area (Å²) in [6, 6.07) is 0. The van der Waals surface area contributed by atoms with E-state index in [0.29, 0.717) is 18.7 Å². The molecule has 5 nitrogen and oxygen atoms in total. The summed E-state index contributed by atoms with van der Waals surface area (Å²) in [5, 5.41) is 11.6. The number of aromatic nitrogens is 4. The van der Waals surface area contributed by atoms with Crippen molar-refractivity contribution in [2.75, 3.05) is 5.32 Å². The number of anilines is 1. The van der Waals surface area contributed by atoms with Crippen LogP contribution in [0.1, 0.15) is 23.7 Å². The van der Waals surface area contributed by atoms with Gasteiger partial charge in [-0.15, -0.1) is 12.4 Å². The smallest absolute Gasteiger partial charge is 0.216 e. The monoisotopic (exact) mass is 287 g/mol. The van der Waals surface area contributed by atoms with Crippen LogP contribution in [-0.2, 0) is 20.1 Å². The molecule has 0 radical (unpaired) electrons. The fourth-order valence-electron chi connectivity index (χ4n) is 1.95. The Morgan fingerprint density at radius 2 is 2.00 bits per heavy atom. The molecule has 2 aromatic heterocycles. The highest BCUT2D eigenvalue weighted by Crippen LogP contribution is 2.16. The summed E-state index contributed by atoms with van der Waals surface area (Å²) in [6.07, 6.45) is 1.92. The van der Waals surface area contributed by atoms with Crippen LogP contribution >= 0.6 is 12.4 Å². The third-order valence-corrected chi connectivity index (χ3v) is 2.93. The van der Waals surface area contributed by atoms with Crippen LogP contribution in [0.25, 0.3) is 0 Å². The average Bonchev–Trinajstić information content (AvgIpc) is 2.77. The largest absolute Gasteiger partial charge is 0.364 e. The lowest BCUT2D eigenvalue weighted by Crippen LogP contribution is -2.05. The molecular formula is C12H19ClFN5. The normalized spacial score (nSPS) is 10.4. The van der Waals surface area contributed by atoms with Gasteiger partial charge in [-0.25, -0.2) is 4.68 Å². The van der Waals surface area contributed by atoms with Gasteiger partial charge in [-0.3, -0.25) is 4.68 Å². The van der Waals surface area contributed by atoms with E-state index >= 15 is 0 Å². The zero-order valence-electron chi connectivity index (χ0n) is 11.6. The maximum absolute atomic E-state index is 13.9. The second-order valence-corrected chi connectivity index (χ2v) is 4.36. The number of rotatable bonds is 4. The number of nitrogens with zero attached hydrogens (tertiary/aromatic N) is 4. The Labute approximate surface area is 118 Å². The lowest BCUT2D eigenvalue weighted by atomic mass is 10.2. The second-order valence-electron chi connectivity index (χ2n) is 4.36. The molecule has 7 heteroatoms. The van der Waals surface area contributed by atoms with Crippen molar-refractivity contribution >= 4 is 18.2 Å². The van der Waals surface area contributed by atoms with Crippen LogP contribution in [0.5, 0.6) is 0 Å². The minimum atomic E-state index is -0.268. The zero-order valence-corrected chi connectivity index (χ0v) is 12.4. The summed E-state index contributed by atoms with van der Waals surface area (Å²) in [4.78, 5) is 0. The van der Waals surface area contributed by atoms with Crippen LogP contribution < -0.4 is 5.32 Å².